The van der Waals surface area contributed by atoms with Gasteiger partial charge in [0.25, 0.3) is 0 Å². The summed E-state index contributed by atoms with van der Waals surface area (Å²) in [6, 6.07) is 5.30. The Bertz CT molecular complexity index is 418. The molecule has 1 aromatic rings. The van der Waals surface area contributed by atoms with Gasteiger partial charge in [-0.05, 0) is 44.0 Å². The van der Waals surface area contributed by atoms with Crippen LogP contribution in [0.2, 0.25) is 5.02 Å². The molecule has 4 heteroatoms. The Balaban J connectivity index is 2.45. The first-order chi connectivity index (χ1) is 9.04. The fourth-order valence-corrected chi connectivity index (χ4v) is 1.85. The number of halogens is 1. The van der Waals surface area contributed by atoms with Gasteiger partial charge in [0.15, 0.2) is 6.10 Å². The minimum absolute atomic E-state index is 0.328. The number of carbonyl (C=O) groups excluding carboxylic acids is 1. The molecule has 1 aromatic carbocycles. The molecule has 0 saturated carbocycles. The third kappa shape index (κ3) is 5.52. The lowest BCUT2D eigenvalue weighted by Crippen LogP contribution is -2.26. The molecule has 3 nitrogen and oxygen atoms in total. The van der Waals surface area contributed by atoms with Crippen LogP contribution in [-0.4, -0.2) is 18.7 Å². The van der Waals surface area contributed by atoms with Crippen LogP contribution in [0.4, 0.5) is 0 Å². The van der Waals surface area contributed by atoms with Crippen LogP contribution >= 0.6 is 11.6 Å². The molecule has 0 fully saturated rings. The molecule has 0 aromatic heterocycles. The standard InChI is InChI=1S/C15H21ClO3/c1-4-5-6-9-18-15(17)12(3)19-14-8-7-13(16)10-11(14)2/h7-8,10,12H,4-6,9H2,1-3H3/t12-/m0/s1. The van der Waals surface area contributed by atoms with E-state index in [0.29, 0.717) is 17.4 Å². The summed E-state index contributed by atoms with van der Waals surface area (Å²) in [6.07, 6.45) is 2.46. The topological polar surface area (TPSA) is 35.5 Å². The molecule has 19 heavy (non-hydrogen) atoms. The molecule has 1 rings (SSSR count). The smallest absolute Gasteiger partial charge is 0.347 e. The van der Waals surface area contributed by atoms with Crippen molar-refractivity contribution < 1.29 is 14.3 Å². The first kappa shape index (κ1) is 15.8. The predicted molar refractivity (Wildman–Crippen MR) is 76.8 cm³/mol. The molecule has 1 atom stereocenters. The second-order valence-electron chi connectivity index (χ2n) is 4.54. The van der Waals surface area contributed by atoms with Gasteiger partial charge in [0.05, 0.1) is 6.61 Å². The lowest BCUT2D eigenvalue weighted by molar-refractivity contribution is -0.151. The van der Waals surface area contributed by atoms with Gasteiger partial charge in [-0.15, -0.1) is 0 Å². The Hall–Kier alpha value is -1.22. The SMILES string of the molecule is CCCCCOC(=O)[C@H](C)Oc1ccc(Cl)cc1C. The molecule has 0 spiro atoms. The Morgan fingerprint density at radius 1 is 1.37 bits per heavy atom. The van der Waals surface area contributed by atoms with Crippen LogP contribution < -0.4 is 4.74 Å². The molecule has 0 heterocycles. The number of hydrogen-bond acceptors (Lipinski definition) is 3. The molecular weight excluding hydrogens is 264 g/mol. The van der Waals surface area contributed by atoms with Gasteiger partial charge in [-0.1, -0.05) is 31.4 Å². The Morgan fingerprint density at radius 2 is 2.11 bits per heavy atom. The van der Waals surface area contributed by atoms with Gasteiger partial charge in [-0.3, -0.25) is 0 Å². The molecule has 0 amide bonds. The molecule has 0 saturated heterocycles. The number of rotatable bonds is 7. The van der Waals surface area contributed by atoms with Crippen molar-refractivity contribution in [2.75, 3.05) is 6.61 Å². The van der Waals surface area contributed by atoms with E-state index in [9.17, 15) is 4.79 Å². The fraction of sp³-hybridized carbons (Fsp3) is 0.533. The second-order valence-corrected chi connectivity index (χ2v) is 4.98. The zero-order valence-corrected chi connectivity index (χ0v) is 12.5. The molecule has 0 aliphatic rings. The van der Waals surface area contributed by atoms with E-state index in [4.69, 9.17) is 21.1 Å². The van der Waals surface area contributed by atoms with Crippen LogP contribution in [0.5, 0.6) is 5.75 Å². The van der Waals surface area contributed by atoms with Crippen LogP contribution in [0.25, 0.3) is 0 Å². The minimum Gasteiger partial charge on any atom is -0.479 e. The van der Waals surface area contributed by atoms with Crippen molar-refractivity contribution in [3.8, 4) is 5.75 Å². The van der Waals surface area contributed by atoms with E-state index >= 15 is 0 Å². The molecule has 0 unspecified atom stereocenters. The van der Waals surface area contributed by atoms with Crippen molar-refractivity contribution in [3.05, 3.63) is 28.8 Å². The highest BCUT2D eigenvalue weighted by Crippen LogP contribution is 2.23. The van der Waals surface area contributed by atoms with Gasteiger partial charge in [-0.25, -0.2) is 4.79 Å². The molecular formula is C15H21ClO3. The van der Waals surface area contributed by atoms with Crippen molar-refractivity contribution >= 4 is 17.6 Å². The van der Waals surface area contributed by atoms with Crippen LogP contribution in [0, 0.1) is 6.92 Å². The van der Waals surface area contributed by atoms with Crippen LogP contribution in [-0.2, 0) is 9.53 Å². The van der Waals surface area contributed by atoms with E-state index in [-0.39, 0.29) is 5.97 Å². The summed E-state index contributed by atoms with van der Waals surface area (Å²) in [5.41, 5.74) is 0.901. The molecule has 106 valence electrons. The van der Waals surface area contributed by atoms with Crippen molar-refractivity contribution in [1.82, 2.24) is 0 Å². The maximum absolute atomic E-state index is 11.7. The third-order valence-corrected chi connectivity index (χ3v) is 3.00. The first-order valence-electron chi connectivity index (χ1n) is 6.64. The van der Waals surface area contributed by atoms with Gasteiger partial charge in [-0.2, -0.15) is 0 Å². The number of benzene rings is 1. The van der Waals surface area contributed by atoms with E-state index in [2.05, 4.69) is 6.92 Å². The van der Waals surface area contributed by atoms with E-state index in [0.717, 1.165) is 24.8 Å². The van der Waals surface area contributed by atoms with Crippen molar-refractivity contribution in [1.29, 1.82) is 0 Å². The number of carbonyl (C=O) groups is 1. The average Bonchev–Trinajstić information content (AvgIpc) is 2.37. The summed E-state index contributed by atoms with van der Waals surface area (Å²) >= 11 is 5.87. The van der Waals surface area contributed by atoms with E-state index in [1.165, 1.54) is 0 Å². The van der Waals surface area contributed by atoms with Gasteiger partial charge >= 0.3 is 5.97 Å². The van der Waals surface area contributed by atoms with Crippen LogP contribution in [0.3, 0.4) is 0 Å². The summed E-state index contributed by atoms with van der Waals surface area (Å²) in [5, 5.41) is 0.652. The van der Waals surface area contributed by atoms with E-state index < -0.39 is 6.10 Å². The van der Waals surface area contributed by atoms with Gasteiger partial charge in [0, 0.05) is 5.02 Å². The zero-order valence-electron chi connectivity index (χ0n) is 11.7. The van der Waals surface area contributed by atoms with Crippen molar-refractivity contribution in [2.45, 2.75) is 46.1 Å². The number of ether oxygens (including phenoxy) is 2. The molecule has 0 N–H and O–H groups in total. The Labute approximate surface area is 119 Å². The Morgan fingerprint density at radius 3 is 2.74 bits per heavy atom. The monoisotopic (exact) mass is 284 g/mol. The van der Waals surface area contributed by atoms with Gasteiger partial charge < -0.3 is 9.47 Å². The van der Waals surface area contributed by atoms with Gasteiger partial charge in [0.2, 0.25) is 0 Å². The maximum atomic E-state index is 11.7. The molecule has 0 aliphatic carbocycles. The summed E-state index contributed by atoms with van der Waals surface area (Å²) in [7, 11) is 0. The maximum Gasteiger partial charge on any atom is 0.347 e. The zero-order chi connectivity index (χ0) is 14.3. The van der Waals surface area contributed by atoms with E-state index in [1.54, 1.807) is 25.1 Å². The fourth-order valence-electron chi connectivity index (χ4n) is 1.63. The second kappa shape index (κ2) is 8.05. The highest BCUT2D eigenvalue weighted by Gasteiger charge is 2.17. The lowest BCUT2D eigenvalue weighted by Gasteiger charge is -2.15. The Kier molecular flexibility index (Phi) is 6.71. The summed E-state index contributed by atoms with van der Waals surface area (Å²) in [6.45, 7) is 6.15. The van der Waals surface area contributed by atoms with E-state index in [1.807, 2.05) is 6.92 Å². The summed E-state index contributed by atoms with van der Waals surface area (Å²) in [4.78, 5) is 11.7. The van der Waals surface area contributed by atoms with Crippen molar-refractivity contribution in [2.24, 2.45) is 0 Å². The largest absolute Gasteiger partial charge is 0.479 e. The summed E-state index contributed by atoms with van der Waals surface area (Å²) < 4.78 is 10.7. The van der Waals surface area contributed by atoms with Gasteiger partial charge in [0.1, 0.15) is 5.75 Å². The molecule has 0 aliphatic heterocycles. The average molecular weight is 285 g/mol. The first-order valence-corrected chi connectivity index (χ1v) is 7.01. The summed E-state index contributed by atoms with van der Waals surface area (Å²) in [5.74, 6) is 0.327. The highest BCUT2D eigenvalue weighted by molar-refractivity contribution is 6.30. The number of hydrogen-bond donors (Lipinski definition) is 0. The molecule has 0 radical (unpaired) electrons. The lowest BCUT2D eigenvalue weighted by atomic mass is 10.2. The van der Waals surface area contributed by atoms with Crippen molar-refractivity contribution in [3.63, 3.8) is 0 Å². The van der Waals surface area contributed by atoms with Crippen LogP contribution in [0.1, 0.15) is 38.7 Å². The molecule has 0 bridgehead atoms. The predicted octanol–water partition coefficient (Wildman–Crippen LogP) is 4.15. The normalized spacial score (nSPS) is 12.0. The number of esters is 1. The number of unbranched alkanes of at least 4 members (excludes halogenated alkanes) is 2. The van der Waals surface area contributed by atoms with Crippen LogP contribution in [0.15, 0.2) is 18.2 Å². The number of aryl methyl sites for hydroxylation is 1. The third-order valence-electron chi connectivity index (χ3n) is 2.76. The minimum atomic E-state index is -0.610. The quantitative estimate of drug-likeness (QED) is 0.557. The highest BCUT2D eigenvalue weighted by atomic mass is 35.5.